The van der Waals surface area contributed by atoms with Gasteiger partial charge in [-0.25, -0.2) is 0 Å². The van der Waals surface area contributed by atoms with Crippen LogP contribution in [0.25, 0.3) is 0 Å². The fourth-order valence-electron chi connectivity index (χ4n) is 0.902. The van der Waals surface area contributed by atoms with Gasteiger partial charge in [-0.05, 0) is 0 Å². The smallest absolute Gasteiger partial charge is 0.308 e. The van der Waals surface area contributed by atoms with E-state index in [0.717, 1.165) is 0 Å². The average molecular weight is 185 g/mol. The number of aromatic nitrogens is 2. The summed E-state index contributed by atoms with van der Waals surface area (Å²) in [7, 11) is 0. The van der Waals surface area contributed by atoms with Crippen molar-refractivity contribution in [3.8, 4) is 0 Å². The minimum Gasteiger partial charge on any atom is -0.481 e. The van der Waals surface area contributed by atoms with Crippen LogP contribution in [0.15, 0.2) is 4.42 Å². The van der Waals surface area contributed by atoms with Crippen molar-refractivity contribution in [2.24, 2.45) is 11.7 Å². The Balaban J connectivity index is 2.61. The maximum Gasteiger partial charge on any atom is 0.308 e. The normalized spacial score (nSPS) is 12.8. The van der Waals surface area contributed by atoms with Crippen molar-refractivity contribution in [3.05, 3.63) is 11.8 Å². The third kappa shape index (κ3) is 2.51. The lowest BCUT2D eigenvalue weighted by Crippen LogP contribution is -2.25. The highest BCUT2D eigenvalue weighted by atomic mass is 16.4. The molecule has 0 aliphatic heterocycles. The molecule has 0 aromatic carbocycles. The second-order valence-electron chi connectivity index (χ2n) is 2.69. The van der Waals surface area contributed by atoms with Gasteiger partial charge in [-0.3, -0.25) is 4.79 Å². The monoisotopic (exact) mass is 185 g/mol. The van der Waals surface area contributed by atoms with E-state index in [1.165, 1.54) is 0 Å². The standard InChI is InChI=1S/C7H11N3O3/c1-4-9-10-6(13-4)2-5(3-8)7(11)12/h5H,2-3,8H2,1H3,(H,11,12). The predicted octanol–water partition coefficient (Wildman–Crippen LogP) is -0.420. The van der Waals surface area contributed by atoms with E-state index in [0.29, 0.717) is 11.8 Å². The zero-order valence-electron chi connectivity index (χ0n) is 7.23. The predicted molar refractivity (Wildman–Crippen MR) is 42.9 cm³/mol. The molecule has 0 bridgehead atoms. The van der Waals surface area contributed by atoms with Crippen molar-refractivity contribution >= 4 is 5.97 Å². The summed E-state index contributed by atoms with van der Waals surface area (Å²) < 4.78 is 5.02. The minimum absolute atomic E-state index is 0.0662. The van der Waals surface area contributed by atoms with Crippen LogP contribution in [-0.2, 0) is 11.2 Å². The van der Waals surface area contributed by atoms with Gasteiger partial charge < -0.3 is 15.3 Å². The van der Waals surface area contributed by atoms with Gasteiger partial charge in [0, 0.05) is 19.9 Å². The van der Waals surface area contributed by atoms with Gasteiger partial charge in [0.05, 0.1) is 5.92 Å². The number of aliphatic carboxylic acids is 1. The highest BCUT2D eigenvalue weighted by Crippen LogP contribution is 2.06. The molecule has 0 fully saturated rings. The molecule has 0 amide bonds. The van der Waals surface area contributed by atoms with Crippen LogP contribution in [0.3, 0.4) is 0 Å². The fourth-order valence-corrected chi connectivity index (χ4v) is 0.902. The van der Waals surface area contributed by atoms with Crippen molar-refractivity contribution < 1.29 is 14.3 Å². The molecule has 0 spiro atoms. The fraction of sp³-hybridized carbons (Fsp3) is 0.571. The molecule has 6 heteroatoms. The van der Waals surface area contributed by atoms with Gasteiger partial charge in [-0.15, -0.1) is 10.2 Å². The first-order valence-corrected chi connectivity index (χ1v) is 3.85. The van der Waals surface area contributed by atoms with E-state index < -0.39 is 11.9 Å². The zero-order valence-corrected chi connectivity index (χ0v) is 7.23. The van der Waals surface area contributed by atoms with Gasteiger partial charge in [0.15, 0.2) is 0 Å². The lowest BCUT2D eigenvalue weighted by Gasteiger charge is -2.04. The number of carbonyl (C=O) groups is 1. The second-order valence-corrected chi connectivity index (χ2v) is 2.69. The number of carboxylic acid groups (broad SMARTS) is 1. The Kier molecular flexibility index (Phi) is 2.97. The molecular formula is C7H11N3O3. The van der Waals surface area contributed by atoms with E-state index in [4.69, 9.17) is 15.3 Å². The highest BCUT2D eigenvalue weighted by Gasteiger charge is 2.18. The second kappa shape index (κ2) is 3.99. The maximum atomic E-state index is 10.6. The molecule has 1 atom stereocenters. The highest BCUT2D eigenvalue weighted by molar-refractivity contribution is 5.70. The molecule has 0 saturated heterocycles. The molecule has 0 aliphatic rings. The van der Waals surface area contributed by atoms with E-state index in [1.54, 1.807) is 6.92 Å². The molecule has 72 valence electrons. The topological polar surface area (TPSA) is 102 Å². The van der Waals surface area contributed by atoms with Gasteiger partial charge in [0.25, 0.3) is 0 Å². The quantitative estimate of drug-likeness (QED) is 0.660. The Bertz CT molecular complexity index is 297. The summed E-state index contributed by atoms with van der Waals surface area (Å²) >= 11 is 0. The van der Waals surface area contributed by atoms with E-state index in [9.17, 15) is 4.79 Å². The first kappa shape index (κ1) is 9.66. The summed E-state index contributed by atoms with van der Waals surface area (Å²) in [6.45, 7) is 1.71. The summed E-state index contributed by atoms with van der Waals surface area (Å²) in [5.74, 6) is -0.857. The number of nitrogens with two attached hydrogens (primary N) is 1. The average Bonchev–Trinajstić information content (AvgIpc) is 2.46. The molecular weight excluding hydrogens is 174 g/mol. The third-order valence-electron chi connectivity index (χ3n) is 1.62. The van der Waals surface area contributed by atoms with Gasteiger partial charge in [0.2, 0.25) is 11.8 Å². The van der Waals surface area contributed by atoms with Crippen molar-refractivity contribution in [3.63, 3.8) is 0 Å². The molecule has 0 saturated carbocycles. The van der Waals surface area contributed by atoms with Crippen molar-refractivity contribution in [2.75, 3.05) is 6.54 Å². The SMILES string of the molecule is Cc1nnc(CC(CN)C(=O)O)o1. The van der Waals surface area contributed by atoms with Crippen LogP contribution in [0.2, 0.25) is 0 Å². The van der Waals surface area contributed by atoms with Gasteiger partial charge in [-0.1, -0.05) is 0 Å². The van der Waals surface area contributed by atoms with Crippen LogP contribution < -0.4 is 5.73 Å². The Morgan fingerprint density at radius 3 is 2.77 bits per heavy atom. The van der Waals surface area contributed by atoms with Gasteiger partial charge >= 0.3 is 5.97 Å². The van der Waals surface area contributed by atoms with Crippen molar-refractivity contribution in [1.82, 2.24) is 10.2 Å². The Hall–Kier alpha value is -1.43. The number of carboxylic acids is 1. The third-order valence-corrected chi connectivity index (χ3v) is 1.62. The Labute approximate surface area is 74.8 Å². The summed E-state index contributed by atoms with van der Waals surface area (Å²) in [6.07, 6.45) is 0.187. The van der Waals surface area contributed by atoms with E-state index in [2.05, 4.69) is 10.2 Å². The van der Waals surface area contributed by atoms with Gasteiger partial charge in [0.1, 0.15) is 0 Å². The van der Waals surface area contributed by atoms with Crippen LogP contribution in [0, 0.1) is 12.8 Å². The van der Waals surface area contributed by atoms with E-state index in [-0.39, 0.29) is 13.0 Å². The largest absolute Gasteiger partial charge is 0.481 e. The Morgan fingerprint density at radius 2 is 2.38 bits per heavy atom. The minimum atomic E-state index is -0.946. The van der Waals surface area contributed by atoms with E-state index in [1.807, 2.05) is 0 Å². The molecule has 13 heavy (non-hydrogen) atoms. The summed E-state index contributed by atoms with van der Waals surface area (Å²) in [5, 5.41) is 15.9. The van der Waals surface area contributed by atoms with Crippen LogP contribution >= 0.6 is 0 Å². The number of aryl methyl sites for hydroxylation is 1. The van der Waals surface area contributed by atoms with Crippen molar-refractivity contribution in [1.29, 1.82) is 0 Å². The number of hydrogen-bond acceptors (Lipinski definition) is 5. The van der Waals surface area contributed by atoms with Crippen LogP contribution in [0.5, 0.6) is 0 Å². The molecule has 6 nitrogen and oxygen atoms in total. The summed E-state index contributed by atoms with van der Waals surface area (Å²) in [6, 6.07) is 0. The maximum absolute atomic E-state index is 10.6. The first-order valence-electron chi connectivity index (χ1n) is 3.85. The van der Waals surface area contributed by atoms with Crippen LogP contribution in [0.4, 0.5) is 0 Å². The summed E-state index contributed by atoms with van der Waals surface area (Å²) in [4.78, 5) is 10.6. The molecule has 0 aliphatic carbocycles. The zero-order chi connectivity index (χ0) is 9.84. The van der Waals surface area contributed by atoms with E-state index >= 15 is 0 Å². The summed E-state index contributed by atoms with van der Waals surface area (Å²) in [5.41, 5.74) is 5.26. The molecule has 1 rings (SSSR count). The molecule has 1 aromatic rings. The molecule has 3 N–H and O–H groups in total. The Morgan fingerprint density at radius 1 is 1.69 bits per heavy atom. The van der Waals surface area contributed by atoms with Gasteiger partial charge in [-0.2, -0.15) is 0 Å². The number of rotatable bonds is 4. The van der Waals surface area contributed by atoms with Crippen LogP contribution in [0.1, 0.15) is 11.8 Å². The number of hydrogen-bond donors (Lipinski definition) is 2. The lowest BCUT2D eigenvalue weighted by molar-refractivity contribution is -0.141. The molecule has 1 aromatic heterocycles. The first-order chi connectivity index (χ1) is 6.13. The molecule has 1 unspecified atom stereocenters. The van der Waals surface area contributed by atoms with Crippen LogP contribution in [-0.4, -0.2) is 27.8 Å². The van der Waals surface area contributed by atoms with Crippen molar-refractivity contribution in [2.45, 2.75) is 13.3 Å². The molecule has 0 radical (unpaired) electrons. The lowest BCUT2D eigenvalue weighted by atomic mass is 10.1. The number of nitrogens with zero attached hydrogens (tertiary/aromatic N) is 2. The molecule has 1 heterocycles.